The van der Waals surface area contributed by atoms with Gasteiger partial charge in [0, 0.05) is 17.2 Å². The van der Waals surface area contributed by atoms with Crippen LogP contribution in [0.1, 0.15) is 16.7 Å². The number of nitrogens with one attached hydrogen (secondary N) is 2. The molecule has 34 heavy (non-hydrogen) atoms. The Morgan fingerprint density at radius 1 is 1.06 bits per heavy atom. The highest BCUT2D eigenvalue weighted by Gasteiger charge is 2.13. The predicted octanol–water partition coefficient (Wildman–Crippen LogP) is 4.61. The van der Waals surface area contributed by atoms with Crippen LogP contribution in [-0.2, 0) is 6.61 Å². The summed E-state index contributed by atoms with van der Waals surface area (Å²) < 4.78 is 32.5. The molecule has 168 valence electrons. The van der Waals surface area contributed by atoms with Crippen LogP contribution in [0.4, 0.5) is 14.7 Å². The molecule has 0 amide bonds. The van der Waals surface area contributed by atoms with Crippen LogP contribution in [0.25, 0.3) is 11.3 Å². The lowest BCUT2D eigenvalue weighted by Gasteiger charge is -2.10. The Kier molecular flexibility index (Phi) is 6.70. The van der Waals surface area contributed by atoms with Gasteiger partial charge < -0.3 is 4.74 Å². The number of aromatic nitrogens is 2. The Hall–Kier alpha value is -4.84. The van der Waals surface area contributed by atoms with Gasteiger partial charge in [-0.05, 0) is 29.8 Å². The van der Waals surface area contributed by atoms with Crippen LogP contribution in [-0.4, -0.2) is 16.2 Å². The van der Waals surface area contributed by atoms with E-state index in [9.17, 15) is 18.8 Å². The molecule has 0 atom stereocenters. The third kappa shape index (κ3) is 5.31. The van der Waals surface area contributed by atoms with Crippen molar-refractivity contribution < 1.29 is 13.5 Å². The number of ether oxygens (including phenoxy) is 1. The summed E-state index contributed by atoms with van der Waals surface area (Å²) in [6.07, 6.45) is 1.37. The number of aromatic amines is 1. The van der Waals surface area contributed by atoms with Gasteiger partial charge in [0.25, 0.3) is 5.56 Å². The summed E-state index contributed by atoms with van der Waals surface area (Å²) in [5.41, 5.74) is 3.88. The van der Waals surface area contributed by atoms with Gasteiger partial charge in [-0.25, -0.2) is 19.2 Å². The zero-order valence-corrected chi connectivity index (χ0v) is 17.6. The number of nitrogens with zero attached hydrogens (tertiary/aromatic N) is 3. The quantitative estimate of drug-likeness (QED) is 0.312. The van der Waals surface area contributed by atoms with E-state index < -0.39 is 11.4 Å². The van der Waals surface area contributed by atoms with Crippen molar-refractivity contribution in [3.05, 3.63) is 111 Å². The molecule has 4 rings (SSSR count). The number of hydrogen-bond acceptors (Lipinski definition) is 6. The summed E-state index contributed by atoms with van der Waals surface area (Å²) in [6.45, 7) is 0.100. The standard InChI is InChI=1S/C25H17F2N5O2/c26-19-9-6-16(7-10-19)15-34-22-12-20(27)11-8-18(22)14-29-32-25-30-23(17-4-2-1-3-5-17)21(13-28)24(33)31-25/h1-12,14H,15H2,(H2,30,31,32,33). The molecule has 0 unspecified atom stereocenters. The highest BCUT2D eigenvalue weighted by Crippen LogP contribution is 2.21. The Morgan fingerprint density at radius 2 is 1.79 bits per heavy atom. The number of rotatable bonds is 7. The molecule has 0 aliphatic rings. The topological polar surface area (TPSA) is 103 Å². The lowest BCUT2D eigenvalue weighted by molar-refractivity contribution is 0.304. The molecule has 0 radical (unpaired) electrons. The van der Waals surface area contributed by atoms with Gasteiger partial charge in [-0.1, -0.05) is 42.5 Å². The predicted molar refractivity (Wildman–Crippen MR) is 123 cm³/mol. The van der Waals surface area contributed by atoms with E-state index >= 15 is 0 Å². The van der Waals surface area contributed by atoms with Gasteiger partial charge in [-0.3, -0.25) is 9.78 Å². The Morgan fingerprint density at radius 3 is 2.53 bits per heavy atom. The van der Waals surface area contributed by atoms with Gasteiger partial charge in [0.2, 0.25) is 5.95 Å². The van der Waals surface area contributed by atoms with Crippen LogP contribution >= 0.6 is 0 Å². The van der Waals surface area contributed by atoms with E-state index in [0.29, 0.717) is 16.7 Å². The molecule has 0 aliphatic carbocycles. The summed E-state index contributed by atoms with van der Waals surface area (Å²) in [7, 11) is 0. The van der Waals surface area contributed by atoms with Crippen LogP contribution in [0.5, 0.6) is 5.75 Å². The SMILES string of the molecule is N#Cc1c(-c2ccccc2)nc(NN=Cc2ccc(F)cc2OCc2ccc(F)cc2)[nH]c1=O. The molecule has 7 nitrogen and oxygen atoms in total. The minimum absolute atomic E-state index is 0.0231. The van der Waals surface area contributed by atoms with E-state index in [2.05, 4.69) is 20.5 Å². The third-order valence-corrected chi connectivity index (χ3v) is 4.74. The lowest BCUT2D eigenvalue weighted by Crippen LogP contribution is -2.16. The summed E-state index contributed by atoms with van der Waals surface area (Å²) in [6, 6.07) is 20.4. The molecule has 0 bridgehead atoms. The lowest BCUT2D eigenvalue weighted by atomic mass is 10.1. The average Bonchev–Trinajstić information content (AvgIpc) is 2.85. The Bertz CT molecular complexity index is 1430. The zero-order chi connectivity index (χ0) is 23.9. The van der Waals surface area contributed by atoms with E-state index in [-0.39, 0.29) is 35.4 Å². The maximum Gasteiger partial charge on any atom is 0.270 e. The first-order chi connectivity index (χ1) is 16.5. The van der Waals surface area contributed by atoms with E-state index in [4.69, 9.17) is 4.74 Å². The second-order valence-electron chi connectivity index (χ2n) is 7.08. The zero-order valence-electron chi connectivity index (χ0n) is 17.6. The number of nitriles is 1. The summed E-state index contributed by atoms with van der Waals surface area (Å²) >= 11 is 0. The number of H-pyrrole nitrogens is 1. The highest BCUT2D eigenvalue weighted by molar-refractivity contribution is 5.84. The molecule has 9 heteroatoms. The molecule has 2 N–H and O–H groups in total. The molecule has 0 saturated heterocycles. The van der Waals surface area contributed by atoms with E-state index in [1.54, 1.807) is 36.4 Å². The van der Waals surface area contributed by atoms with E-state index in [1.807, 2.05) is 12.1 Å². The smallest absolute Gasteiger partial charge is 0.270 e. The number of hydrogen-bond donors (Lipinski definition) is 2. The molecular weight excluding hydrogens is 440 g/mol. The van der Waals surface area contributed by atoms with Crippen molar-refractivity contribution in [1.29, 1.82) is 5.26 Å². The number of halogens is 2. The van der Waals surface area contributed by atoms with Crippen molar-refractivity contribution in [1.82, 2.24) is 9.97 Å². The van der Waals surface area contributed by atoms with Crippen molar-refractivity contribution in [2.45, 2.75) is 6.61 Å². The minimum atomic E-state index is -0.612. The van der Waals surface area contributed by atoms with Crippen LogP contribution in [0, 0.1) is 23.0 Å². The molecule has 0 fully saturated rings. The normalized spacial score (nSPS) is 10.7. The molecule has 1 heterocycles. The third-order valence-electron chi connectivity index (χ3n) is 4.74. The van der Waals surface area contributed by atoms with Crippen LogP contribution in [0.2, 0.25) is 0 Å². The largest absolute Gasteiger partial charge is 0.488 e. The molecule has 4 aromatic rings. The van der Waals surface area contributed by atoms with Crippen molar-refractivity contribution in [2.75, 3.05) is 5.43 Å². The maximum absolute atomic E-state index is 13.8. The maximum atomic E-state index is 13.8. The average molecular weight is 457 g/mol. The van der Waals surface area contributed by atoms with Crippen LogP contribution < -0.4 is 15.7 Å². The monoisotopic (exact) mass is 457 g/mol. The fourth-order valence-corrected chi connectivity index (χ4v) is 3.08. The van der Waals surface area contributed by atoms with Crippen LogP contribution in [0.3, 0.4) is 0 Å². The van der Waals surface area contributed by atoms with Gasteiger partial charge in [-0.15, -0.1) is 0 Å². The Balaban J connectivity index is 1.55. The fourth-order valence-electron chi connectivity index (χ4n) is 3.08. The van der Waals surface area contributed by atoms with E-state index in [0.717, 1.165) is 0 Å². The van der Waals surface area contributed by atoms with Crippen molar-refractivity contribution in [3.63, 3.8) is 0 Å². The number of benzene rings is 3. The second kappa shape index (κ2) is 10.2. The number of hydrazone groups is 1. The van der Waals surface area contributed by atoms with Crippen molar-refractivity contribution in [3.8, 4) is 23.1 Å². The minimum Gasteiger partial charge on any atom is -0.488 e. The van der Waals surface area contributed by atoms with Gasteiger partial charge in [0.15, 0.2) is 0 Å². The highest BCUT2D eigenvalue weighted by atomic mass is 19.1. The summed E-state index contributed by atoms with van der Waals surface area (Å²) in [5, 5.41) is 13.4. The van der Waals surface area contributed by atoms with Gasteiger partial charge in [0.05, 0.1) is 11.9 Å². The number of anilines is 1. The molecule has 0 aliphatic heterocycles. The summed E-state index contributed by atoms with van der Waals surface area (Å²) in [4.78, 5) is 19.1. The first kappa shape index (κ1) is 22.4. The van der Waals surface area contributed by atoms with Gasteiger partial charge >= 0.3 is 0 Å². The molecule has 0 spiro atoms. The fraction of sp³-hybridized carbons (Fsp3) is 0.0400. The van der Waals surface area contributed by atoms with E-state index in [1.165, 1.54) is 36.5 Å². The van der Waals surface area contributed by atoms with Crippen molar-refractivity contribution in [2.24, 2.45) is 5.10 Å². The molecular formula is C25H17F2N5O2. The second-order valence-corrected chi connectivity index (χ2v) is 7.08. The van der Waals surface area contributed by atoms with Crippen molar-refractivity contribution >= 4 is 12.2 Å². The van der Waals surface area contributed by atoms with Crippen LogP contribution in [0.15, 0.2) is 82.7 Å². The molecule has 3 aromatic carbocycles. The summed E-state index contributed by atoms with van der Waals surface area (Å²) in [5.74, 6) is -0.612. The Labute approximate surface area is 193 Å². The first-order valence-electron chi connectivity index (χ1n) is 10.1. The van der Waals surface area contributed by atoms with Gasteiger partial charge in [0.1, 0.15) is 35.6 Å². The van der Waals surface area contributed by atoms with Gasteiger partial charge in [-0.2, -0.15) is 10.4 Å². The first-order valence-corrected chi connectivity index (χ1v) is 10.1. The molecule has 1 aromatic heterocycles. The molecule has 0 saturated carbocycles.